The number of halogens is 1. The quantitative estimate of drug-likeness (QED) is 0.799. The summed E-state index contributed by atoms with van der Waals surface area (Å²) in [5.74, 6) is 0.888. The number of para-hydroxylation sites is 1. The highest BCUT2D eigenvalue weighted by molar-refractivity contribution is 9.08. The van der Waals surface area contributed by atoms with Crippen molar-refractivity contribution in [3.05, 3.63) is 65.2 Å². The summed E-state index contributed by atoms with van der Waals surface area (Å²) in [5.41, 5.74) is 2.85. The summed E-state index contributed by atoms with van der Waals surface area (Å²) >= 11 is 3.44. The summed E-state index contributed by atoms with van der Waals surface area (Å²) in [6.07, 6.45) is 0. The highest BCUT2D eigenvalue weighted by Gasteiger charge is 2.01. The molecule has 2 aromatic carbocycles. The average molecular weight is 302 g/mol. The Morgan fingerprint density at radius 3 is 2.44 bits per heavy atom. The van der Waals surface area contributed by atoms with E-state index in [0.29, 0.717) is 12.2 Å². The first-order valence-electron chi connectivity index (χ1n) is 5.59. The molecule has 0 atom stereocenters. The maximum atomic E-state index is 8.72. The molecule has 3 heteroatoms. The number of alkyl halides is 1. The van der Waals surface area contributed by atoms with E-state index in [1.807, 2.05) is 36.4 Å². The molecular formula is C15H12BrNO. The maximum Gasteiger partial charge on any atom is 0.123 e. The molecule has 18 heavy (non-hydrogen) atoms. The molecule has 2 rings (SSSR count). The second-order valence-corrected chi connectivity index (χ2v) is 4.40. The van der Waals surface area contributed by atoms with Crippen molar-refractivity contribution >= 4 is 15.9 Å². The SMILES string of the molecule is N#Cc1ccc(COc2ccccc2CBr)cc1. The number of ether oxygens (including phenoxy) is 1. The van der Waals surface area contributed by atoms with Gasteiger partial charge in [0, 0.05) is 10.9 Å². The molecule has 0 saturated carbocycles. The molecule has 0 aliphatic carbocycles. The molecule has 0 bridgehead atoms. The van der Waals surface area contributed by atoms with Crippen molar-refractivity contribution in [2.24, 2.45) is 0 Å². The van der Waals surface area contributed by atoms with Crippen molar-refractivity contribution in [2.75, 3.05) is 0 Å². The Kier molecular flexibility index (Phi) is 4.38. The van der Waals surface area contributed by atoms with Gasteiger partial charge in [0.15, 0.2) is 0 Å². The smallest absolute Gasteiger partial charge is 0.123 e. The molecule has 90 valence electrons. The second kappa shape index (κ2) is 6.23. The Balaban J connectivity index is 2.04. The van der Waals surface area contributed by atoms with Gasteiger partial charge in [-0.25, -0.2) is 0 Å². The summed E-state index contributed by atoms with van der Waals surface area (Å²) in [5, 5.41) is 9.49. The lowest BCUT2D eigenvalue weighted by Crippen LogP contribution is -1.97. The lowest BCUT2D eigenvalue weighted by molar-refractivity contribution is 0.304. The fourth-order valence-corrected chi connectivity index (χ4v) is 2.05. The van der Waals surface area contributed by atoms with Crippen molar-refractivity contribution in [1.82, 2.24) is 0 Å². The van der Waals surface area contributed by atoms with Gasteiger partial charge in [-0.05, 0) is 23.8 Å². The van der Waals surface area contributed by atoms with Gasteiger partial charge in [-0.15, -0.1) is 0 Å². The van der Waals surface area contributed by atoms with Gasteiger partial charge >= 0.3 is 0 Å². The summed E-state index contributed by atoms with van der Waals surface area (Å²) in [4.78, 5) is 0. The summed E-state index contributed by atoms with van der Waals surface area (Å²) < 4.78 is 5.77. The van der Waals surface area contributed by atoms with Gasteiger partial charge in [0.1, 0.15) is 12.4 Å². The molecule has 0 aromatic heterocycles. The molecule has 2 nitrogen and oxygen atoms in total. The number of hydrogen-bond donors (Lipinski definition) is 0. The van der Waals surface area contributed by atoms with Crippen molar-refractivity contribution in [2.45, 2.75) is 11.9 Å². The minimum absolute atomic E-state index is 0.510. The van der Waals surface area contributed by atoms with Crippen molar-refractivity contribution < 1.29 is 4.74 Å². The van der Waals surface area contributed by atoms with Crippen LogP contribution in [0.5, 0.6) is 5.75 Å². The summed E-state index contributed by atoms with van der Waals surface area (Å²) in [6, 6.07) is 17.5. The van der Waals surface area contributed by atoms with Gasteiger partial charge in [0.25, 0.3) is 0 Å². The van der Waals surface area contributed by atoms with Crippen LogP contribution in [0, 0.1) is 11.3 Å². The molecule has 0 saturated heterocycles. The molecule has 0 radical (unpaired) electrons. The fraction of sp³-hybridized carbons (Fsp3) is 0.133. The zero-order valence-corrected chi connectivity index (χ0v) is 11.4. The standard InChI is InChI=1S/C15H12BrNO/c16-9-14-3-1-2-4-15(14)18-11-13-7-5-12(10-17)6-8-13/h1-8H,9,11H2. The first-order valence-corrected chi connectivity index (χ1v) is 6.71. The van der Waals surface area contributed by atoms with Crippen LogP contribution >= 0.6 is 15.9 Å². The van der Waals surface area contributed by atoms with Gasteiger partial charge in [-0.2, -0.15) is 5.26 Å². The van der Waals surface area contributed by atoms with Crippen LogP contribution in [0.2, 0.25) is 0 Å². The normalized spacial score (nSPS) is 9.78. The van der Waals surface area contributed by atoms with Crippen molar-refractivity contribution in [3.63, 3.8) is 0 Å². The highest BCUT2D eigenvalue weighted by Crippen LogP contribution is 2.21. The van der Waals surface area contributed by atoms with E-state index in [1.165, 1.54) is 0 Å². The van der Waals surface area contributed by atoms with Crippen molar-refractivity contribution in [1.29, 1.82) is 5.26 Å². The van der Waals surface area contributed by atoms with Crippen molar-refractivity contribution in [3.8, 4) is 11.8 Å². The Hall–Kier alpha value is -1.79. The molecule has 0 unspecified atom stereocenters. The predicted molar refractivity (Wildman–Crippen MR) is 74.6 cm³/mol. The third-order valence-electron chi connectivity index (χ3n) is 2.59. The fourth-order valence-electron chi connectivity index (χ4n) is 1.59. The zero-order chi connectivity index (χ0) is 12.8. The Morgan fingerprint density at radius 2 is 1.78 bits per heavy atom. The largest absolute Gasteiger partial charge is 0.489 e. The topological polar surface area (TPSA) is 33.0 Å². The minimum Gasteiger partial charge on any atom is -0.489 e. The monoisotopic (exact) mass is 301 g/mol. The van der Waals surface area contributed by atoms with Gasteiger partial charge in [-0.1, -0.05) is 46.3 Å². The van der Waals surface area contributed by atoms with Gasteiger partial charge in [-0.3, -0.25) is 0 Å². The number of rotatable bonds is 4. The first-order chi connectivity index (χ1) is 8.83. The summed E-state index contributed by atoms with van der Waals surface area (Å²) in [7, 11) is 0. The molecule has 2 aromatic rings. The van der Waals surface area contributed by atoms with E-state index in [4.69, 9.17) is 10.00 Å². The molecule has 0 heterocycles. The maximum absolute atomic E-state index is 8.72. The predicted octanol–water partition coefficient (Wildman–Crippen LogP) is 4.03. The van der Waals surface area contributed by atoms with E-state index in [9.17, 15) is 0 Å². The van der Waals surface area contributed by atoms with E-state index < -0.39 is 0 Å². The number of hydrogen-bond acceptors (Lipinski definition) is 2. The van der Waals surface area contributed by atoms with E-state index >= 15 is 0 Å². The molecule has 0 N–H and O–H groups in total. The summed E-state index contributed by atoms with van der Waals surface area (Å²) in [6.45, 7) is 0.510. The molecule has 0 spiro atoms. The third-order valence-corrected chi connectivity index (χ3v) is 3.20. The molecule has 0 amide bonds. The number of nitrogens with zero attached hydrogens (tertiary/aromatic N) is 1. The molecular weight excluding hydrogens is 290 g/mol. The van der Waals surface area contributed by atoms with Gasteiger partial charge in [0.05, 0.1) is 11.6 Å². The Morgan fingerprint density at radius 1 is 1.06 bits per heavy atom. The lowest BCUT2D eigenvalue weighted by atomic mass is 10.1. The van der Waals surface area contributed by atoms with E-state index in [-0.39, 0.29) is 0 Å². The Labute approximate surface area is 115 Å². The van der Waals surface area contributed by atoms with Gasteiger partial charge < -0.3 is 4.74 Å². The Bertz CT molecular complexity index is 557. The lowest BCUT2D eigenvalue weighted by Gasteiger charge is -2.09. The van der Waals surface area contributed by atoms with E-state index in [1.54, 1.807) is 12.1 Å². The van der Waals surface area contributed by atoms with Crippen LogP contribution in [0.1, 0.15) is 16.7 Å². The number of benzene rings is 2. The average Bonchev–Trinajstić information content (AvgIpc) is 2.46. The van der Waals surface area contributed by atoms with E-state index in [0.717, 1.165) is 22.2 Å². The van der Waals surface area contributed by atoms with Crippen LogP contribution in [-0.4, -0.2) is 0 Å². The van der Waals surface area contributed by atoms with Crippen LogP contribution in [0.4, 0.5) is 0 Å². The first kappa shape index (κ1) is 12.7. The van der Waals surface area contributed by atoms with Crippen LogP contribution < -0.4 is 4.74 Å². The van der Waals surface area contributed by atoms with Crippen LogP contribution in [0.25, 0.3) is 0 Å². The second-order valence-electron chi connectivity index (χ2n) is 3.84. The highest BCUT2D eigenvalue weighted by atomic mass is 79.9. The van der Waals surface area contributed by atoms with Crippen LogP contribution in [0.15, 0.2) is 48.5 Å². The third kappa shape index (κ3) is 3.12. The minimum atomic E-state index is 0.510. The van der Waals surface area contributed by atoms with Gasteiger partial charge in [0.2, 0.25) is 0 Å². The zero-order valence-electron chi connectivity index (χ0n) is 9.77. The van der Waals surface area contributed by atoms with Crippen LogP contribution in [0.3, 0.4) is 0 Å². The number of nitriles is 1. The van der Waals surface area contributed by atoms with Crippen LogP contribution in [-0.2, 0) is 11.9 Å². The molecule has 0 fully saturated rings. The molecule has 0 aliphatic heterocycles. The molecule has 0 aliphatic rings. The van der Waals surface area contributed by atoms with E-state index in [2.05, 4.69) is 22.0 Å².